The minimum absolute atomic E-state index is 0.0972. The normalized spacial score (nSPS) is 12.8. The van der Waals surface area contributed by atoms with Gasteiger partial charge in [0.2, 0.25) is 0 Å². The fraction of sp³-hybridized carbons (Fsp3) is 0.708. The van der Waals surface area contributed by atoms with Crippen LogP contribution < -0.4 is 0 Å². The molecule has 406 valence electrons. The Balaban J connectivity index is 4.47. The van der Waals surface area contributed by atoms with Crippen molar-refractivity contribution in [1.82, 2.24) is 0 Å². The number of hydrogen-bond donors (Lipinski definition) is 0. The summed E-state index contributed by atoms with van der Waals surface area (Å²) in [4.78, 5) is 38.2. The van der Waals surface area contributed by atoms with Crippen LogP contribution in [0.5, 0.6) is 0 Å². The molecule has 0 heterocycles. The Kier molecular flexibility index (Phi) is 55.9. The van der Waals surface area contributed by atoms with E-state index in [0.717, 1.165) is 116 Å². The second-order valence-corrected chi connectivity index (χ2v) is 19.5. The van der Waals surface area contributed by atoms with Gasteiger partial charge in [-0.05, 0) is 128 Å². The molecule has 71 heavy (non-hydrogen) atoms. The molecular weight excluding hydrogens is 877 g/mol. The molecule has 0 bridgehead atoms. The molecule has 6 nitrogen and oxygen atoms in total. The molecule has 0 radical (unpaired) electrons. The first kappa shape index (κ1) is 67.3. The van der Waals surface area contributed by atoms with Gasteiger partial charge in [0.25, 0.3) is 0 Å². The summed E-state index contributed by atoms with van der Waals surface area (Å²) in [5, 5.41) is 0. The maximum atomic E-state index is 12.9. The van der Waals surface area contributed by atoms with Crippen molar-refractivity contribution in [1.29, 1.82) is 0 Å². The third-order valence-corrected chi connectivity index (χ3v) is 12.5. The van der Waals surface area contributed by atoms with Gasteiger partial charge in [-0.3, -0.25) is 14.4 Å². The summed E-state index contributed by atoms with van der Waals surface area (Å²) in [7, 11) is 0. The first-order chi connectivity index (χ1) is 35.0. The molecule has 1 atom stereocenters. The lowest BCUT2D eigenvalue weighted by atomic mass is 10.1. The van der Waals surface area contributed by atoms with Gasteiger partial charge in [-0.25, -0.2) is 0 Å². The van der Waals surface area contributed by atoms with E-state index < -0.39 is 6.10 Å². The molecule has 0 saturated carbocycles. The first-order valence-electron chi connectivity index (χ1n) is 29.7. The van der Waals surface area contributed by atoms with E-state index in [1.165, 1.54) is 122 Å². The summed E-state index contributed by atoms with van der Waals surface area (Å²) in [5.74, 6) is -0.941. The monoisotopic (exact) mass is 987 g/mol. The second-order valence-electron chi connectivity index (χ2n) is 19.5. The average Bonchev–Trinajstić information content (AvgIpc) is 3.37. The Morgan fingerprint density at radius 2 is 0.507 bits per heavy atom. The molecule has 0 N–H and O–H groups in total. The van der Waals surface area contributed by atoms with Gasteiger partial charge in [0.15, 0.2) is 6.10 Å². The molecule has 6 heteroatoms. The standard InChI is InChI=1S/C65H110O6/c1-4-7-10-13-16-19-22-25-28-30-32-34-37-40-43-46-49-52-55-58-64(67)70-61-62(60-69-63(66)57-54-51-48-45-42-39-36-27-24-21-18-15-12-9-6-3)71-65(68)59-56-53-50-47-44-41-38-35-33-31-29-26-23-20-17-14-11-8-5-2/h16-21,25-29,32,34,36,40,43,62H,4-15,22-24,30-31,33,35,37-39,41-42,44-61H2,1-3H3/b19-16-,20-17-,21-18-,28-25-,29-26-,34-32-,36-27-,43-40-/t62-/m0/s1. The summed E-state index contributed by atoms with van der Waals surface area (Å²) < 4.78 is 16.9. The predicted octanol–water partition coefficient (Wildman–Crippen LogP) is 20.1. The van der Waals surface area contributed by atoms with Crippen molar-refractivity contribution >= 4 is 17.9 Å². The molecule has 0 fully saturated rings. The zero-order valence-electron chi connectivity index (χ0n) is 46.5. The maximum Gasteiger partial charge on any atom is 0.306 e. The van der Waals surface area contributed by atoms with E-state index in [9.17, 15) is 14.4 Å². The molecule has 0 aliphatic heterocycles. The van der Waals surface area contributed by atoms with E-state index in [1.54, 1.807) is 0 Å². The van der Waals surface area contributed by atoms with Crippen LogP contribution in [0.3, 0.4) is 0 Å². The van der Waals surface area contributed by atoms with Gasteiger partial charge < -0.3 is 14.2 Å². The van der Waals surface area contributed by atoms with E-state index >= 15 is 0 Å². The van der Waals surface area contributed by atoms with Crippen molar-refractivity contribution in [3.8, 4) is 0 Å². The fourth-order valence-corrected chi connectivity index (χ4v) is 8.01. The zero-order valence-corrected chi connectivity index (χ0v) is 46.5. The first-order valence-corrected chi connectivity index (χ1v) is 29.7. The summed E-state index contributed by atoms with van der Waals surface area (Å²) >= 11 is 0. The van der Waals surface area contributed by atoms with Crippen molar-refractivity contribution in [3.05, 3.63) is 97.2 Å². The molecule has 0 rings (SSSR count). The summed E-state index contributed by atoms with van der Waals surface area (Å²) in [6, 6.07) is 0. The molecule has 0 aliphatic rings. The summed E-state index contributed by atoms with van der Waals surface area (Å²) in [6.45, 7) is 6.53. The number of carbonyl (C=O) groups is 3. The van der Waals surface area contributed by atoms with Gasteiger partial charge in [0.05, 0.1) is 0 Å². The number of rotatable bonds is 53. The van der Waals surface area contributed by atoms with E-state index in [2.05, 4.69) is 118 Å². The largest absolute Gasteiger partial charge is 0.462 e. The molecule has 0 aliphatic carbocycles. The van der Waals surface area contributed by atoms with Crippen LogP contribution in [0.15, 0.2) is 97.2 Å². The molecule has 0 spiro atoms. The lowest BCUT2D eigenvalue weighted by molar-refractivity contribution is -0.167. The molecule has 0 saturated heterocycles. The van der Waals surface area contributed by atoms with Gasteiger partial charge in [-0.1, -0.05) is 227 Å². The van der Waals surface area contributed by atoms with Crippen LogP contribution in [0, 0.1) is 0 Å². The van der Waals surface area contributed by atoms with Crippen molar-refractivity contribution in [2.45, 2.75) is 284 Å². The minimum Gasteiger partial charge on any atom is -0.462 e. The van der Waals surface area contributed by atoms with Crippen molar-refractivity contribution < 1.29 is 28.6 Å². The van der Waals surface area contributed by atoms with Crippen LogP contribution in [-0.4, -0.2) is 37.2 Å². The third kappa shape index (κ3) is 57.1. The number of hydrogen-bond acceptors (Lipinski definition) is 6. The van der Waals surface area contributed by atoms with Crippen LogP contribution >= 0.6 is 0 Å². The Labute approximate surface area is 438 Å². The lowest BCUT2D eigenvalue weighted by Crippen LogP contribution is -2.30. The number of ether oxygens (including phenoxy) is 3. The number of unbranched alkanes of at least 4 members (excludes halogenated alkanes) is 26. The topological polar surface area (TPSA) is 78.9 Å². The molecule has 0 amide bonds. The highest BCUT2D eigenvalue weighted by Gasteiger charge is 2.19. The van der Waals surface area contributed by atoms with Crippen molar-refractivity contribution in [2.75, 3.05) is 13.2 Å². The van der Waals surface area contributed by atoms with Crippen LogP contribution in [0.4, 0.5) is 0 Å². The van der Waals surface area contributed by atoms with E-state index in [-0.39, 0.29) is 31.1 Å². The molecule has 0 aromatic rings. The summed E-state index contributed by atoms with van der Waals surface area (Å²) in [6.07, 6.45) is 78.2. The lowest BCUT2D eigenvalue weighted by Gasteiger charge is -2.18. The SMILES string of the molecule is CCCCC/C=C\C/C=C\C/C=C\C/C=C\CCCCCC(=O)OC[C@H](COC(=O)CCCCCCC/C=C\C/C=C\CCCCC)OC(=O)CCCCCCCCCCC/C=C\C/C=C\CCCCC. The molecular formula is C65H110O6. The minimum atomic E-state index is -0.801. The van der Waals surface area contributed by atoms with Gasteiger partial charge in [-0.15, -0.1) is 0 Å². The van der Waals surface area contributed by atoms with E-state index in [4.69, 9.17) is 14.2 Å². The second kappa shape index (κ2) is 58.9. The summed E-state index contributed by atoms with van der Waals surface area (Å²) in [5.41, 5.74) is 0. The van der Waals surface area contributed by atoms with Crippen LogP contribution in [0.1, 0.15) is 278 Å². The van der Waals surface area contributed by atoms with Gasteiger partial charge in [0, 0.05) is 19.3 Å². The highest BCUT2D eigenvalue weighted by Crippen LogP contribution is 2.14. The van der Waals surface area contributed by atoms with E-state index in [0.29, 0.717) is 19.3 Å². The quantitative estimate of drug-likeness (QED) is 0.0261. The Bertz CT molecular complexity index is 1410. The third-order valence-electron chi connectivity index (χ3n) is 12.5. The molecule has 0 aromatic carbocycles. The zero-order chi connectivity index (χ0) is 51.4. The average molecular weight is 988 g/mol. The van der Waals surface area contributed by atoms with Crippen LogP contribution in [0.2, 0.25) is 0 Å². The number of carbonyl (C=O) groups excluding carboxylic acids is 3. The molecule has 0 unspecified atom stereocenters. The number of allylic oxidation sites excluding steroid dienone is 16. The van der Waals surface area contributed by atoms with E-state index in [1.807, 2.05) is 0 Å². The van der Waals surface area contributed by atoms with Crippen LogP contribution in [-0.2, 0) is 28.6 Å². The van der Waals surface area contributed by atoms with Crippen molar-refractivity contribution in [3.63, 3.8) is 0 Å². The molecule has 0 aromatic heterocycles. The Morgan fingerprint density at radius 1 is 0.282 bits per heavy atom. The maximum absolute atomic E-state index is 12.9. The van der Waals surface area contributed by atoms with Crippen LogP contribution in [0.25, 0.3) is 0 Å². The highest BCUT2D eigenvalue weighted by molar-refractivity contribution is 5.71. The van der Waals surface area contributed by atoms with Crippen molar-refractivity contribution in [2.24, 2.45) is 0 Å². The van der Waals surface area contributed by atoms with Gasteiger partial charge in [0.1, 0.15) is 13.2 Å². The smallest absolute Gasteiger partial charge is 0.306 e. The predicted molar refractivity (Wildman–Crippen MR) is 307 cm³/mol. The van der Waals surface area contributed by atoms with Gasteiger partial charge in [-0.2, -0.15) is 0 Å². The Hall–Kier alpha value is -3.67. The number of esters is 3. The highest BCUT2D eigenvalue weighted by atomic mass is 16.6. The van der Waals surface area contributed by atoms with Gasteiger partial charge >= 0.3 is 17.9 Å². The Morgan fingerprint density at radius 3 is 0.803 bits per heavy atom. The fourth-order valence-electron chi connectivity index (χ4n) is 8.01.